The predicted molar refractivity (Wildman–Crippen MR) is 159 cm³/mol. The molecule has 0 saturated carbocycles. The molecule has 0 aliphatic carbocycles. The first-order valence-corrected chi connectivity index (χ1v) is 14.0. The summed E-state index contributed by atoms with van der Waals surface area (Å²) < 4.78 is 5.60. The predicted octanol–water partition coefficient (Wildman–Crippen LogP) is 3.23. The summed E-state index contributed by atoms with van der Waals surface area (Å²) in [5, 5.41) is 0. The Labute approximate surface area is 231 Å². The van der Waals surface area contributed by atoms with E-state index in [2.05, 4.69) is 56.8 Å². The molecule has 0 spiro atoms. The molecule has 39 heavy (non-hydrogen) atoms. The van der Waals surface area contributed by atoms with E-state index in [4.69, 9.17) is 25.4 Å². The van der Waals surface area contributed by atoms with Crippen molar-refractivity contribution in [2.24, 2.45) is 10.7 Å². The number of nitrogens with two attached hydrogens (primary N) is 1. The number of hydrogen-bond donors (Lipinski definition) is 1. The molecule has 5 rings (SSSR count). The molecule has 0 aromatic carbocycles. The molecule has 2 aromatic heterocycles. The molecule has 2 fully saturated rings. The highest BCUT2D eigenvalue weighted by molar-refractivity contribution is 6.10. The Kier molecular flexibility index (Phi) is 8.42. The Morgan fingerprint density at radius 3 is 2.56 bits per heavy atom. The van der Waals surface area contributed by atoms with Crippen LogP contribution in [0.5, 0.6) is 0 Å². The number of rotatable bonds is 7. The summed E-state index contributed by atoms with van der Waals surface area (Å²) in [7, 11) is 2.17. The number of nitrogens with zero attached hydrogens (tertiary/aromatic N) is 8. The zero-order chi connectivity index (χ0) is 27.4. The van der Waals surface area contributed by atoms with Gasteiger partial charge in [0.2, 0.25) is 5.95 Å². The summed E-state index contributed by atoms with van der Waals surface area (Å²) in [6.45, 7) is 13.9. The molecule has 5 heterocycles. The van der Waals surface area contributed by atoms with Gasteiger partial charge < -0.3 is 30.1 Å². The number of aliphatic imine (C=N–C) groups is 1. The van der Waals surface area contributed by atoms with Gasteiger partial charge in [0.1, 0.15) is 17.5 Å². The van der Waals surface area contributed by atoms with Crippen LogP contribution in [-0.2, 0) is 11.2 Å². The lowest BCUT2D eigenvalue weighted by Crippen LogP contribution is -2.44. The van der Waals surface area contributed by atoms with Gasteiger partial charge in [-0.3, -0.25) is 0 Å². The molecule has 0 unspecified atom stereocenters. The third kappa shape index (κ3) is 5.91. The summed E-state index contributed by atoms with van der Waals surface area (Å²) in [5.74, 6) is 3.27. The lowest BCUT2D eigenvalue weighted by Gasteiger charge is -2.33. The molecule has 0 atom stereocenters. The highest BCUT2D eigenvalue weighted by Crippen LogP contribution is 2.38. The quantitative estimate of drug-likeness (QED) is 0.540. The minimum absolute atomic E-state index is 0.561. The average Bonchev–Trinajstić information content (AvgIpc) is 3.42. The van der Waals surface area contributed by atoms with E-state index in [-0.39, 0.29) is 0 Å². The summed E-state index contributed by atoms with van der Waals surface area (Å²) in [5.41, 5.74) is 11.4. The molecule has 2 saturated heterocycles. The van der Waals surface area contributed by atoms with Gasteiger partial charge in [0.15, 0.2) is 0 Å². The maximum Gasteiger partial charge on any atom is 0.228 e. The topological polar surface area (TPSA) is 99.2 Å². The zero-order valence-corrected chi connectivity index (χ0v) is 23.7. The highest BCUT2D eigenvalue weighted by Gasteiger charge is 2.30. The Morgan fingerprint density at radius 1 is 1.08 bits per heavy atom. The zero-order valence-electron chi connectivity index (χ0n) is 23.7. The summed E-state index contributed by atoms with van der Waals surface area (Å²) >= 11 is 0. The van der Waals surface area contributed by atoms with Gasteiger partial charge in [0, 0.05) is 81.1 Å². The molecule has 0 amide bonds. The number of aromatic nitrogens is 3. The second-order valence-electron chi connectivity index (χ2n) is 10.4. The molecular formula is C29H41N9O. The van der Waals surface area contributed by atoms with Crippen LogP contribution < -0.4 is 20.4 Å². The van der Waals surface area contributed by atoms with Crippen LogP contribution in [0.2, 0.25) is 0 Å². The van der Waals surface area contributed by atoms with Crippen LogP contribution in [0.15, 0.2) is 40.8 Å². The van der Waals surface area contributed by atoms with Gasteiger partial charge in [-0.15, -0.1) is 0 Å². The third-order valence-corrected chi connectivity index (χ3v) is 7.87. The molecule has 2 aromatic rings. The third-order valence-electron chi connectivity index (χ3n) is 7.87. The number of ether oxygens (including phenoxy) is 1. The fraction of sp³-hybridized carbons (Fsp3) is 0.517. The molecule has 0 radical (unpaired) electrons. The van der Waals surface area contributed by atoms with Crippen LogP contribution >= 0.6 is 0 Å². The van der Waals surface area contributed by atoms with Crippen LogP contribution in [0.1, 0.15) is 38.4 Å². The average molecular weight is 532 g/mol. The van der Waals surface area contributed by atoms with Gasteiger partial charge in [-0.2, -0.15) is 4.98 Å². The Bertz CT molecular complexity index is 1260. The van der Waals surface area contributed by atoms with E-state index in [1.165, 1.54) is 0 Å². The van der Waals surface area contributed by atoms with Crippen LogP contribution in [-0.4, -0.2) is 92.1 Å². The number of anilines is 4. The molecule has 10 nitrogen and oxygen atoms in total. The second kappa shape index (κ2) is 12.1. The fourth-order valence-electron chi connectivity index (χ4n) is 5.13. The van der Waals surface area contributed by atoms with E-state index in [0.29, 0.717) is 19.0 Å². The minimum Gasteiger partial charge on any atom is -0.384 e. The number of pyridine rings is 1. The number of hydrogen-bond acceptors (Lipinski definition) is 10. The van der Waals surface area contributed by atoms with E-state index >= 15 is 0 Å². The molecule has 208 valence electrons. The number of morpholine rings is 1. The number of piperazine rings is 1. The first-order chi connectivity index (χ1) is 19.0. The van der Waals surface area contributed by atoms with Gasteiger partial charge in [0.05, 0.1) is 18.9 Å². The maximum absolute atomic E-state index is 6.23. The maximum atomic E-state index is 6.23. The standard InChI is InChI=1S/C29H41N9O/c1-5-21(3)27(30)32-20-22(6-2)26-24-8-10-38(28(24)34-29(33-26)37-15-17-39-18-16-37)23-7-9-31-25(19-23)36-13-11-35(4)12-14-36/h6-7,9,19-20H,5,8,10-18,30H2,1-4H3/b22-6+,27-21+,32-20+. The second-order valence-corrected chi connectivity index (χ2v) is 10.4. The largest absolute Gasteiger partial charge is 0.384 e. The van der Waals surface area contributed by atoms with Crippen LogP contribution in [0.4, 0.5) is 23.3 Å². The number of likely N-dealkylation sites (N-methyl/N-ethyl adjacent to an activating group) is 1. The van der Waals surface area contributed by atoms with Crippen molar-refractivity contribution in [3.8, 4) is 0 Å². The van der Waals surface area contributed by atoms with Crippen molar-refractivity contribution in [1.29, 1.82) is 0 Å². The number of fused-ring (bicyclic) bond motifs is 1. The first-order valence-electron chi connectivity index (χ1n) is 14.0. The summed E-state index contributed by atoms with van der Waals surface area (Å²) in [4.78, 5) is 28.8. The van der Waals surface area contributed by atoms with Crippen molar-refractivity contribution in [3.63, 3.8) is 0 Å². The van der Waals surface area contributed by atoms with Crippen LogP contribution in [0.3, 0.4) is 0 Å². The van der Waals surface area contributed by atoms with Crippen LogP contribution in [0, 0.1) is 0 Å². The van der Waals surface area contributed by atoms with E-state index in [1.807, 2.05) is 26.3 Å². The molecular weight excluding hydrogens is 490 g/mol. The van der Waals surface area contributed by atoms with Crippen molar-refractivity contribution in [2.75, 3.05) is 80.8 Å². The minimum atomic E-state index is 0.561. The van der Waals surface area contributed by atoms with Crippen molar-refractivity contribution in [3.05, 3.63) is 47.1 Å². The molecule has 0 bridgehead atoms. The van der Waals surface area contributed by atoms with Crippen molar-refractivity contribution >= 4 is 35.1 Å². The Morgan fingerprint density at radius 2 is 1.85 bits per heavy atom. The monoisotopic (exact) mass is 531 g/mol. The SMILES string of the molecule is C\C=C(/C=N/C(N)=C(\C)CC)c1nc(N2CCOCC2)nc2c1CCN2c1ccnc(N2CCN(C)CC2)c1. The fourth-order valence-corrected chi connectivity index (χ4v) is 5.13. The number of allylic oxidation sites excluding steroid dienone is 3. The molecule has 2 N–H and O–H groups in total. The van der Waals surface area contributed by atoms with Crippen LogP contribution in [0.25, 0.3) is 5.57 Å². The smallest absolute Gasteiger partial charge is 0.228 e. The van der Waals surface area contributed by atoms with E-state index in [0.717, 1.165) is 104 Å². The summed E-state index contributed by atoms with van der Waals surface area (Å²) in [6.07, 6.45) is 7.55. The van der Waals surface area contributed by atoms with Gasteiger partial charge in [-0.05, 0) is 45.4 Å². The van der Waals surface area contributed by atoms with E-state index < -0.39 is 0 Å². The lowest BCUT2D eigenvalue weighted by atomic mass is 10.1. The van der Waals surface area contributed by atoms with E-state index in [1.54, 1.807) is 0 Å². The molecule has 3 aliphatic heterocycles. The van der Waals surface area contributed by atoms with Gasteiger partial charge >= 0.3 is 0 Å². The van der Waals surface area contributed by atoms with Crippen molar-refractivity contribution in [1.82, 2.24) is 19.9 Å². The Balaban J connectivity index is 1.53. The summed E-state index contributed by atoms with van der Waals surface area (Å²) in [6, 6.07) is 4.29. The molecule has 3 aliphatic rings. The first kappa shape index (κ1) is 27.1. The van der Waals surface area contributed by atoms with Gasteiger partial charge in [-0.25, -0.2) is 15.0 Å². The van der Waals surface area contributed by atoms with E-state index in [9.17, 15) is 0 Å². The highest BCUT2D eigenvalue weighted by atomic mass is 16.5. The van der Waals surface area contributed by atoms with Crippen molar-refractivity contribution in [2.45, 2.75) is 33.6 Å². The van der Waals surface area contributed by atoms with Crippen molar-refractivity contribution < 1.29 is 4.74 Å². The van der Waals surface area contributed by atoms with Gasteiger partial charge in [-0.1, -0.05) is 13.0 Å². The van der Waals surface area contributed by atoms with Gasteiger partial charge in [0.25, 0.3) is 0 Å². The normalized spacial score (nSPS) is 19.6. The Hall–Kier alpha value is -3.50. The lowest BCUT2D eigenvalue weighted by molar-refractivity contribution is 0.122. The molecule has 10 heteroatoms.